The lowest BCUT2D eigenvalue weighted by Gasteiger charge is -2.03. The molecule has 0 fully saturated rings. The molecule has 3 N–H and O–H groups in total. The third-order valence-electron chi connectivity index (χ3n) is 2.76. The molecule has 0 aromatic carbocycles. The van der Waals surface area contributed by atoms with Crippen molar-refractivity contribution in [3.05, 3.63) is 22.8 Å². The molecule has 0 atom stereocenters. The van der Waals surface area contributed by atoms with Gasteiger partial charge in [0.05, 0.1) is 5.56 Å². The molecule has 0 aliphatic rings. The third-order valence-corrected chi connectivity index (χ3v) is 4.55. The molecule has 9 heteroatoms. The maximum Gasteiger partial charge on any atom is 0.223 e. The lowest BCUT2D eigenvalue weighted by Crippen LogP contribution is -2.05. The fraction of sp³-hybridized carbons (Fsp3) is 0.333. The number of hydrogen-bond donors (Lipinski definition) is 2. The van der Waals surface area contributed by atoms with Crippen LogP contribution in [-0.4, -0.2) is 26.0 Å². The van der Waals surface area contributed by atoms with Gasteiger partial charge in [0.1, 0.15) is 15.8 Å². The van der Waals surface area contributed by atoms with Gasteiger partial charge in [-0.1, -0.05) is 5.16 Å². The van der Waals surface area contributed by atoms with Gasteiger partial charge in [-0.05, 0) is 18.5 Å². The van der Waals surface area contributed by atoms with Crippen molar-refractivity contribution in [2.24, 2.45) is 0 Å². The molecular weight excluding hydrogens is 308 g/mol. The molecule has 21 heavy (non-hydrogen) atoms. The normalized spacial score (nSPS) is 11.0. The zero-order valence-electron chi connectivity index (χ0n) is 11.6. The lowest BCUT2D eigenvalue weighted by molar-refractivity contribution is 0.387. The summed E-state index contributed by atoms with van der Waals surface area (Å²) in [6, 6.07) is 0. The predicted octanol–water partition coefficient (Wildman–Crippen LogP) is 2.50. The summed E-state index contributed by atoms with van der Waals surface area (Å²) in [5, 5.41) is 11.0. The third kappa shape index (κ3) is 3.03. The van der Waals surface area contributed by atoms with Crippen LogP contribution in [0.5, 0.6) is 0 Å². The van der Waals surface area contributed by atoms with Gasteiger partial charge in [-0.15, -0.1) is 11.3 Å². The van der Waals surface area contributed by atoms with Crippen LogP contribution in [0, 0.1) is 13.8 Å². The first kappa shape index (κ1) is 14.0. The Morgan fingerprint density at radius 1 is 1.33 bits per heavy atom. The fourth-order valence-electron chi connectivity index (χ4n) is 1.83. The number of aryl methyl sites for hydroxylation is 2. The lowest BCUT2D eigenvalue weighted by atomic mass is 10.3. The Labute approximate surface area is 129 Å². The van der Waals surface area contributed by atoms with E-state index in [1.807, 2.05) is 12.3 Å². The Bertz CT molecular complexity index is 747. The molecular formula is C12H14N6OS2. The molecule has 110 valence electrons. The van der Waals surface area contributed by atoms with Crippen LogP contribution < -0.4 is 11.1 Å². The summed E-state index contributed by atoms with van der Waals surface area (Å²) < 4.78 is 9.15. The highest BCUT2D eigenvalue weighted by molar-refractivity contribution is 7.15. The second kappa shape index (κ2) is 5.78. The van der Waals surface area contributed by atoms with Crippen molar-refractivity contribution >= 4 is 33.7 Å². The van der Waals surface area contributed by atoms with E-state index in [0.29, 0.717) is 30.5 Å². The SMILES string of the molecule is Cc1csc(-c2c(N)nsc2NCCc2noc(C)n2)n1. The molecule has 7 nitrogen and oxygen atoms in total. The van der Waals surface area contributed by atoms with Gasteiger partial charge in [-0.25, -0.2) is 4.98 Å². The first-order chi connectivity index (χ1) is 10.1. The summed E-state index contributed by atoms with van der Waals surface area (Å²) >= 11 is 2.90. The molecule has 0 aliphatic heterocycles. The summed E-state index contributed by atoms with van der Waals surface area (Å²) in [4.78, 5) is 8.64. The van der Waals surface area contributed by atoms with E-state index in [2.05, 4.69) is 24.8 Å². The van der Waals surface area contributed by atoms with Crippen LogP contribution in [0.4, 0.5) is 10.8 Å². The summed E-state index contributed by atoms with van der Waals surface area (Å²) in [6.45, 7) is 4.41. The van der Waals surface area contributed by atoms with Gasteiger partial charge in [0.2, 0.25) is 5.89 Å². The van der Waals surface area contributed by atoms with Gasteiger partial charge in [-0.2, -0.15) is 9.36 Å². The van der Waals surface area contributed by atoms with Crippen molar-refractivity contribution in [1.29, 1.82) is 0 Å². The standard InChI is InChI=1S/C12H14N6OS2/c1-6-5-20-12(15-6)9-10(13)18-21-11(9)14-4-3-8-16-7(2)19-17-8/h5,14H,3-4H2,1-2H3,(H2,13,18). The van der Waals surface area contributed by atoms with Crippen LogP contribution in [0.15, 0.2) is 9.90 Å². The largest absolute Gasteiger partial charge is 0.382 e. The van der Waals surface area contributed by atoms with Gasteiger partial charge in [0.25, 0.3) is 0 Å². The van der Waals surface area contributed by atoms with E-state index in [1.165, 1.54) is 11.5 Å². The zero-order chi connectivity index (χ0) is 14.8. The fourth-order valence-corrected chi connectivity index (χ4v) is 3.49. The van der Waals surface area contributed by atoms with E-state index < -0.39 is 0 Å². The number of nitrogen functional groups attached to an aromatic ring is 1. The van der Waals surface area contributed by atoms with E-state index in [0.717, 1.165) is 21.3 Å². The first-order valence-electron chi connectivity index (χ1n) is 6.34. The van der Waals surface area contributed by atoms with E-state index in [9.17, 15) is 0 Å². The van der Waals surface area contributed by atoms with Crippen LogP contribution >= 0.6 is 22.9 Å². The first-order valence-corrected chi connectivity index (χ1v) is 7.99. The van der Waals surface area contributed by atoms with Crippen molar-refractivity contribution in [1.82, 2.24) is 19.5 Å². The van der Waals surface area contributed by atoms with E-state index in [1.54, 1.807) is 18.3 Å². The Kier molecular flexibility index (Phi) is 3.84. The molecule has 0 radical (unpaired) electrons. The van der Waals surface area contributed by atoms with Gasteiger partial charge in [-0.3, -0.25) is 0 Å². The number of anilines is 2. The maximum absolute atomic E-state index is 5.96. The van der Waals surface area contributed by atoms with E-state index >= 15 is 0 Å². The quantitative estimate of drug-likeness (QED) is 0.744. The summed E-state index contributed by atoms with van der Waals surface area (Å²) in [6.07, 6.45) is 0.672. The Balaban J connectivity index is 1.71. The molecule has 0 amide bonds. The topological polar surface area (TPSA) is 103 Å². The van der Waals surface area contributed by atoms with E-state index in [4.69, 9.17) is 10.3 Å². The number of nitrogens with zero attached hydrogens (tertiary/aromatic N) is 4. The highest BCUT2D eigenvalue weighted by Crippen LogP contribution is 2.38. The highest BCUT2D eigenvalue weighted by atomic mass is 32.1. The number of thiazole rings is 1. The Morgan fingerprint density at radius 2 is 2.19 bits per heavy atom. The van der Waals surface area contributed by atoms with Gasteiger partial charge >= 0.3 is 0 Å². The van der Waals surface area contributed by atoms with Crippen LogP contribution in [0.3, 0.4) is 0 Å². The van der Waals surface area contributed by atoms with Crippen molar-refractivity contribution < 1.29 is 4.52 Å². The Morgan fingerprint density at radius 3 is 2.86 bits per heavy atom. The summed E-state index contributed by atoms with van der Waals surface area (Å²) in [5.74, 6) is 1.77. The molecule has 3 aromatic rings. The minimum Gasteiger partial charge on any atom is -0.382 e. The number of rotatable bonds is 5. The van der Waals surface area contributed by atoms with Crippen molar-refractivity contribution in [2.45, 2.75) is 20.3 Å². The second-order valence-electron chi connectivity index (χ2n) is 4.47. The van der Waals surface area contributed by atoms with Crippen molar-refractivity contribution in [3.8, 4) is 10.6 Å². The minimum absolute atomic E-state index is 0.507. The smallest absolute Gasteiger partial charge is 0.223 e. The average Bonchev–Trinajstić information content (AvgIpc) is 3.12. The van der Waals surface area contributed by atoms with Crippen LogP contribution in [0.25, 0.3) is 10.6 Å². The molecule has 0 bridgehead atoms. The zero-order valence-corrected chi connectivity index (χ0v) is 13.2. The number of nitrogens with one attached hydrogen (secondary N) is 1. The molecule has 0 aliphatic carbocycles. The monoisotopic (exact) mass is 322 g/mol. The predicted molar refractivity (Wildman–Crippen MR) is 83.6 cm³/mol. The minimum atomic E-state index is 0.507. The molecule has 3 rings (SSSR count). The van der Waals surface area contributed by atoms with Crippen LogP contribution in [-0.2, 0) is 6.42 Å². The summed E-state index contributed by atoms with van der Waals surface area (Å²) in [5.41, 5.74) is 7.81. The second-order valence-corrected chi connectivity index (χ2v) is 6.10. The van der Waals surface area contributed by atoms with Gasteiger partial charge < -0.3 is 15.6 Å². The number of aromatic nitrogens is 4. The Hall–Kier alpha value is -2.00. The van der Waals surface area contributed by atoms with Crippen molar-refractivity contribution in [2.75, 3.05) is 17.6 Å². The van der Waals surface area contributed by atoms with Crippen LogP contribution in [0.2, 0.25) is 0 Å². The van der Waals surface area contributed by atoms with Crippen molar-refractivity contribution in [3.63, 3.8) is 0 Å². The van der Waals surface area contributed by atoms with Gasteiger partial charge in [0, 0.05) is 31.0 Å². The molecule has 3 heterocycles. The molecule has 3 aromatic heterocycles. The molecule has 0 saturated carbocycles. The maximum atomic E-state index is 5.96. The molecule has 0 spiro atoms. The van der Waals surface area contributed by atoms with Gasteiger partial charge in [0.15, 0.2) is 5.82 Å². The highest BCUT2D eigenvalue weighted by Gasteiger charge is 2.16. The molecule has 0 unspecified atom stereocenters. The number of nitrogens with two attached hydrogens (primary N) is 1. The number of hydrogen-bond acceptors (Lipinski definition) is 9. The summed E-state index contributed by atoms with van der Waals surface area (Å²) in [7, 11) is 0. The van der Waals surface area contributed by atoms with E-state index in [-0.39, 0.29) is 0 Å². The molecule has 0 saturated heterocycles. The average molecular weight is 322 g/mol. The van der Waals surface area contributed by atoms with Crippen LogP contribution in [0.1, 0.15) is 17.4 Å².